The van der Waals surface area contributed by atoms with Crippen LogP contribution in [0.1, 0.15) is 34.7 Å². The maximum absolute atomic E-state index is 13.3. The van der Waals surface area contributed by atoms with Crippen molar-refractivity contribution in [2.45, 2.75) is 26.0 Å². The molecule has 8 heteroatoms. The molecule has 1 atom stereocenters. The molecule has 2 saturated heterocycles. The highest BCUT2D eigenvalue weighted by atomic mass is 16.5. The minimum Gasteiger partial charge on any atom is -0.508 e. The van der Waals surface area contributed by atoms with Crippen LogP contribution in [-0.2, 0) is 20.9 Å². The summed E-state index contributed by atoms with van der Waals surface area (Å²) in [6.45, 7) is 6.58. The Labute approximate surface area is 234 Å². The van der Waals surface area contributed by atoms with E-state index in [1.807, 2.05) is 31.2 Å². The number of aromatic hydroxyl groups is 1. The summed E-state index contributed by atoms with van der Waals surface area (Å²) in [5, 5.41) is 21.5. The van der Waals surface area contributed by atoms with Crippen molar-refractivity contribution in [3.05, 3.63) is 101 Å². The molecule has 0 aromatic heterocycles. The number of aryl methyl sites for hydroxylation is 1. The summed E-state index contributed by atoms with van der Waals surface area (Å²) >= 11 is 0. The third-order valence-corrected chi connectivity index (χ3v) is 7.49. The first-order valence-electron chi connectivity index (χ1n) is 13.6. The van der Waals surface area contributed by atoms with Gasteiger partial charge in [0.2, 0.25) is 0 Å². The monoisotopic (exact) mass is 542 g/mol. The van der Waals surface area contributed by atoms with Crippen molar-refractivity contribution in [1.82, 2.24) is 9.80 Å². The minimum atomic E-state index is -0.811. The molecule has 0 bridgehead atoms. The van der Waals surface area contributed by atoms with E-state index in [0.29, 0.717) is 49.7 Å². The van der Waals surface area contributed by atoms with Crippen LogP contribution in [-0.4, -0.2) is 71.1 Å². The van der Waals surface area contributed by atoms with Gasteiger partial charge in [-0.05, 0) is 66.4 Å². The van der Waals surface area contributed by atoms with E-state index in [-0.39, 0.29) is 17.1 Å². The van der Waals surface area contributed by atoms with Gasteiger partial charge in [0, 0.05) is 31.7 Å². The summed E-state index contributed by atoms with van der Waals surface area (Å²) in [7, 11) is 0. The van der Waals surface area contributed by atoms with Gasteiger partial charge in [-0.1, -0.05) is 36.4 Å². The van der Waals surface area contributed by atoms with Crippen molar-refractivity contribution in [1.29, 1.82) is 0 Å². The van der Waals surface area contributed by atoms with E-state index in [9.17, 15) is 19.8 Å². The Morgan fingerprint density at radius 1 is 0.975 bits per heavy atom. The average molecular weight is 543 g/mol. The Morgan fingerprint density at radius 3 is 2.45 bits per heavy atom. The number of nitrogens with zero attached hydrogens (tertiary/aromatic N) is 2. The number of Topliss-reactive ketones (excluding diaryl/α,β-unsaturated/α-hetero) is 1. The molecule has 0 saturated carbocycles. The number of phenolic OH excluding ortho intramolecular Hbond substituents is 1. The normalized spacial score (nSPS) is 19.2. The van der Waals surface area contributed by atoms with Gasteiger partial charge in [-0.3, -0.25) is 14.5 Å². The van der Waals surface area contributed by atoms with E-state index >= 15 is 0 Å². The topological polar surface area (TPSA) is 99.5 Å². The van der Waals surface area contributed by atoms with Crippen LogP contribution < -0.4 is 4.74 Å². The number of rotatable bonds is 9. The number of amides is 1. The zero-order valence-corrected chi connectivity index (χ0v) is 22.6. The molecule has 2 aliphatic rings. The number of aliphatic hydroxyl groups excluding tert-OH is 1. The molecule has 1 amide bonds. The lowest BCUT2D eigenvalue weighted by molar-refractivity contribution is -0.140. The first-order valence-corrected chi connectivity index (χ1v) is 13.6. The first-order chi connectivity index (χ1) is 19.4. The van der Waals surface area contributed by atoms with Gasteiger partial charge in [-0.15, -0.1) is 0 Å². The number of hydrogen-bond acceptors (Lipinski definition) is 7. The van der Waals surface area contributed by atoms with Crippen molar-refractivity contribution >= 4 is 17.4 Å². The Balaban J connectivity index is 1.39. The predicted octanol–water partition coefficient (Wildman–Crippen LogP) is 4.42. The van der Waals surface area contributed by atoms with Gasteiger partial charge in [-0.2, -0.15) is 0 Å². The van der Waals surface area contributed by atoms with Crippen LogP contribution in [0.25, 0.3) is 5.76 Å². The predicted molar refractivity (Wildman–Crippen MR) is 151 cm³/mol. The molecule has 0 radical (unpaired) electrons. The molecule has 2 fully saturated rings. The summed E-state index contributed by atoms with van der Waals surface area (Å²) < 4.78 is 11.3. The van der Waals surface area contributed by atoms with Gasteiger partial charge in [0.15, 0.2) is 0 Å². The molecule has 3 aromatic rings. The number of phenols is 1. The maximum Gasteiger partial charge on any atom is 0.295 e. The fourth-order valence-corrected chi connectivity index (χ4v) is 5.24. The maximum atomic E-state index is 13.3. The van der Waals surface area contributed by atoms with Crippen molar-refractivity contribution in [2.75, 3.05) is 39.4 Å². The van der Waals surface area contributed by atoms with Gasteiger partial charge >= 0.3 is 0 Å². The Hall–Kier alpha value is -4.14. The number of carbonyl (C=O) groups excluding carboxylic acids is 2. The van der Waals surface area contributed by atoms with Gasteiger partial charge in [0.05, 0.1) is 24.8 Å². The zero-order chi connectivity index (χ0) is 28.1. The van der Waals surface area contributed by atoms with Crippen LogP contribution in [0.4, 0.5) is 0 Å². The quantitative estimate of drug-likeness (QED) is 0.235. The summed E-state index contributed by atoms with van der Waals surface area (Å²) in [4.78, 5) is 30.3. The number of ketones is 1. The van der Waals surface area contributed by atoms with Gasteiger partial charge in [-0.25, -0.2) is 0 Å². The molecule has 0 aliphatic carbocycles. The van der Waals surface area contributed by atoms with E-state index in [2.05, 4.69) is 4.90 Å². The van der Waals surface area contributed by atoms with Crippen LogP contribution >= 0.6 is 0 Å². The number of benzene rings is 3. The molecule has 2 heterocycles. The Bertz CT molecular complexity index is 1390. The second kappa shape index (κ2) is 12.4. The first kappa shape index (κ1) is 27.4. The average Bonchev–Trinajstić information content (AvgIpc) is 3.22. The van der Waals surface area contributed by atoms with Gasteiger partial charge in [0.25, 0.3) is 11.7 Å². The Kier molecular flexibility index (Phi) is 8.48. The minimum absolute atomic E-state index is 0.00977. The highest BCUT2D eigenvalue weighted by molar-refractivity contribution is 6.46. The van der Waals surface area contributed by atoms with Crippen LogP contribution in [0.15, 0.2) is 78.4 Å². The van der Waals surface area contributed by atoms with E-state index < -0.39 is 17.7 Å². The van der Waals surface area contributed by atoms with Gasteiger partial charge < -0.3 is 24.6 Å². The molecule has 1 unspecified atom stereocenters. The third-order valence-electron chi connectivity index (χ3n) is 7.49. The summed E-state index contributed by atoms with van der Waals surface area (Å²) in [5.74, 6) is -1.01. The van der Waals surface area contributed by atoms with E-state index in [1.54, 1.807) is 36.4 Å². The fraction of sp³-hybridized carbons (Fsp3) is 0.312. The lowest BCUT2D eigenvalue weighted by Gasteiger charge is -2.29. The molecule has 40 heavy (non-hydrogen) atoms. The van der Waals surface area contributed by atoms with E-state index in [4.69, 9.17) is 9.47 Å². The molecule has 0 spiro atoms. The SMILES string of the molecule is Cc1ccccc1COc1ccc(/C(O)=C2/C(=O)C(=O)N(CCCN3CCOCC3)C2c2cccc(O)c2)cc1. The molecule has 208 valence electrons. The summed E-state index contributed by atoms with van der Waals surface area (Å²) in [6.07, 6.45) is 0.662. The fourth-order valence-electron chi connectivity index (χ4n) is 5.24. The second-order valence-electron chi connectivity index (χ2n) is 10.1. The van der Waals surface area contributed by atoms with Crippen LogP contribution in [0, 0.1) is 6.92 Å². The highest BCUT2D eigenvalue weighted by Crippen LogP contribution is 2.40. The van der Waals surface area contributed by atoms with Gasteiger partial charge in [0.1, 0.15) is 23.9 Å². The number of hydrogen-bond donors (Lipinski definition) is 2. The number of ether oxygens (including phenoxy) is 2. The van der Waals surface area contributed by atoms with Crippen LogP contribution in [0.3, 0.4) is 0 Å². The largest absolute Gasteiger partial charge is 0.508 e. The molecule has 3 aromatic carbocycles. The van der Waals surface area contributed by atoms with Crippen LogP contribution in [0.2, 0.25) is 0 Å². The smallest absolute Gasteiger partial charge is 0.295 e. The van der Waals surface area contributed by atoms with Crippen molar-refractivity contribution in [3.8, 4) is 11.5 Å². The van der Waals surface area contributed by atoms with E-state index in [1.165, 1.54) is 17.0 Å². The number of likely N-dealkylation sites (tertiary alicyclic amines) is 1. The standard InChI is InChI=1S/C32H34N2O6/c1-22-6-2-3-7-25(22)21-40-27-12-10-23(11-13-27)30(36)28-29(24-8-4-9-26(35)20-24)34(32(38)31(28)37)15-5-14-33-16-18-39-19-17-33/h2-4,6-13,20,29,35-36H,5,14-19,21H2,1H3/b30-28-. The van der Waals surface area contributed by atoms with E-state index in [0.717, 1.165) is 30.8 Å². The lowest BCUT2D eigenvalue weighted by Crippen LogP contribution is -2.38. The molecule has 2 aliphatic heterocycles. The number of carbonyl (C=O) groups is 2. The zero-order valence-electron chi connectivity index (χ0n) is 22.6. The molecular weight excluding hydrogens is 508 g/mol. The summed E-state index contributed by atoms with van der Waals surface area (Å²) in [5.41, 5.74) is 3.19. The van der Waals surface area contributed by atoms with Crippen molar-refractivity contribution < 1.29 is 29.3 Å². The van der Waals surface area contributed by atoms with Crippen molar-refractivity contribution in [2.24, 2.45) is 0 Å². The van der Waals surface area contributed by atoms with Crippen LogP contribution in [0.5, 0.6) is 11.5 Å². The third kappa shape index (κ3) is 6.03. The van der Waals surface area contributed by atoms with Crippen molar-refractivity contribution in [3.63, 3.8) is 0 Å². The lowest BCUT2D eigenvalue weighted by atomic mass is 9.95. The number of aliphatic hydroxyl groups is 1. The molecular formula is C32H34N2O6. The molecule has 8 nitrogen and oxygen atoms in total. The summed E-state index contributed by atoms with van der Waals surface area (Å²) in [6, 6.07) is 20.5. The highest BCUT2D eigenvalue weighted by Gasteiger charge is 2.45. The molecule has 2 N–H and O–H groups in total. The second-order valence-corrected chi connectivity index (χ2v) is 10.1. The number of morpholine rings is 1. The Morgan fingerprint density at radius 2 is 1.73 bits per heavy atom. The molecule has 5 rings (SSSR count).